The highest BCUT2D eigenvalue weighted by atomic mass is 16.5. The quantitative estimate of drug-likeness (QED) is 0.896. The number of anilines is 2. The van der Waals surface area contributed by atoms with Gasteiger partial charge in [0.2, 0.25) is 0 Å². The molecule has 3 rings (SSSR count). The monoisotopic (exact) mass is 289 g/mol. The summed E-state index contributed by atoms with van der Waals surface area (Å²) < 4.78 is 5.56. The fourth-order valence-corrected chi connectivity index (χ4v) is 2.96. The molecule has 5 nitrogen and oxygen atoms in total. The van der Waals surface area contributed by atoms with E-state index in [0.29, 0.717) is 6.04 Å². The molecule has 2 aliphatic heterocycles. The summed E-state index contributed by atoms with van der Waals surface area (Å²) in [6, 6.07) is 6.45. The predicted octanol–water partition coefficient (Wildman–Crippen LogP) is 2.30. The predicted molar refractivity (Wildman–Crippen MR) is 83.9 cm³/mol. The van der Waals surface area contributed by atoms with Crippen molar-refractivity contribution in [2.24, 2.45) is 0 Å². The van der Waals surface area contributed by atoms with Crippen molar-refractivity contribution in [1.29, 1.82) is 0 Å². The van der Waals surface area contributed by atoms with Gasteiger partial charge in [-0.15, -0.1) is 0 Å². The molecule has 1 fully saturated rings. The van der Waals surface area contributed by atoms with Gasteiger partial charge < -0.3 is 20.3 Å². The third kappa shape index (κ3) is 3.13. The van der Waals surface area contributed by atoms with Crippen LogP contribution in [0, 0.1) is 0 Å². The van der Waals surface area contributed by atoms with E-state index in [-0.39, 0.29) is 5.91 Å². The van der Waals surface area contributed by atoms with Crippen LogP contribution < -0.4 is 15.4 Å². The smallest absolute Gasteiger partial charge is 0.265 e. The van der Waals surface area contributed by atoms with Crippen LogP contribution in [-0.4, -0.2) is 43.1 Å². The number of ether oxygens (including phenoxy) is 1. The number of rotatable bonds is 3. The maximum absolute atomic E-state index is 11.7. The number of hydrogen-bond donors (Lipinski definition) is 2. The molecule has 0 radical (unpaired) electrons. The van der Waals surface area contributed by atoms with Crippen molar-refractivity contribution in [2.45, 2.75) is 38.3 Å². The van der Waals surface area contributed by atoms with E-state index in [1.807, 2.05) is 18.2 Å². The summed E-state index contributed by atoms with van der Waals surface area (Å²) in [4.78, 5) is 14.1. The Bertz CT molecular complexity index is 532. The molecule has 2 heterocycles. The Morgan fingerprint density at radius 2 is 2.29 bits per heavy atom. The topological polar surface area (TPSA) is 53.6 Å². The Labute approximate surface area is 125 Å². The lowest BCUT2D eigenvalue weighted by molar-refractivity contribution is -0.122. The second-order valence-electron chi connectivity index (χ2n) is 5.97. The normalized spacial score (nSPS) is 25.7. The zero-order chi connectivity index (χ0) is 14.8. The average molecular weight is 289 g/mol. The second-order valence-corrected chi connectivity index (χ2v) is 5.97. The number of nitrogens with zero attached hydrogens (tertiary/aromatic N) is 1. The highest BCUT2D eigenvalue weighted by Crippen LogP contribution is 2.32. The van der Waals surface area contributed by atoms with Crippen molar-refractivity contribution >= 4 is 17.3 Å². The Balaban J connectivity index is 1.64. The van der Waals surface area contributed by atoms with Gasteiger partial charge in [0.25, 0.3) is 5.91 Å². The van der Waals surface area contributed by atoms with Crippen LogP contribution >= 0.6 is 0 Å². The minimum absolute atomic E-state index is 0.0911. The van der Waals surface area contributed by atoms with E-state index in [1.165, 1.54) is 25.8 Å². The number of likely N-dealkylation sites (N-methyl/N-ethyl adjacent to an activating group) is 1. The lowest BCUT2D eigenvalue weighted by Gasteiger charge is -2.33. The molecular weight excluding hydrogens is 266 g/mol. The van der Waals surface area contributed by atoms with Gasteiger partial charge in [-0.05, 0) is 51.6 Å². The third-order valence-corrected chi connectivity index (χ3v) is 4.37. The molecule has 0 aliphatic carbocycles. The summed E-state index contributed by atoms with van der Waals surface area (Å²) in [5.74, 6) is 0.647. The Morgan fingerprint density at radius 3 is 3.10 bits per heavy atom. The number of piperidine rings is 1. The highest BCUT2D eigenvalue weighted by molar-refractivity contribution is 5.98. The van der Waals surface area contributed by atoms with Gasteiger partial charge in [-0.2, -0.15) is 0 Å². The lowest BCUT2D eigenvalue weighted by Crippen LogP contribution is -2.40. The Morgan fingerprint density at radius 1 is 1.43 bits per heavy atom. The highest BCUT2D eigenvalue weighted by Gasteiger charge is 2.24. The molecule has 1 aromatic carbocycles. The minimum Gasteiger partial charge on any atom is -0.479 e. The van der Waals surface area contributed by atoms with Gasteiger partial charge in [0.05, 0.1) is 5.69 Å². The summed E-state index contributed by atoms with van der Waals surface area (Å²) in [6.45, 7) is 3.86. The summed E-state index contributed by atoms with van der Waals surface area (Å²) >= 11 is 0. The fourth-order valence-electron chi connectivity index (χ4n) is 2.96. The van der Waals surface area contributed by atoms with Gasteiger partial charge >= 0.3 is 0 Å². The van der Waals surface area contributed by atoms with Crippen LogP contribution in [-0.2, 0) is 4.79 Å². The van der Waals surface area contributed by atoms with E-state index in [1.54, 1.807) is 6.92 Å². The van der Waals surface area contributed by atoms with E-state index in [4.69, 9.17) is 4.74 Å². The van der Waals surface area contributed by atoms with E-state index >= 15 is 0 Å². The molecule has 0 spiro atoms. The Hall–Kier alpha value is -1.75. The molecule has 1 aromatic rings. The molecule has 5 heteroatoms. The maximum Gasteiger partial charge on any atom is 0.265 e. The molecule has 0 saturated carbocycles. The molecule has 21 heavy (non-hydrogen) atoms. The zero-order valence-corrected chi connectivity index (χ0v) is 12.7. The summed E-state index contributed by atoms with van der Waals surface area (Å²) in [5, 5.41) is 6.35. The average Bonchev–Trinajstić information content (AvgIpc) is 2.48. The third-order valence-electron chi connectivity index (χ3n) is 4.37. The number of hydrogen-bond acceptors (Lipinski definition) is 4. The van der Waals surface area contributed by atoms with Gasteiger partial charge in [-0.3, -0.25) is 4.79 Å². The standard InChI is InChI=1S/C16H23N3O2/c1-11-16(20)18-14-9-12(6-7-15(14)21-11)17-10-13-5-3-4-8-19(13)2/h6-7,9,11,13,17H,3-5,8,10H2,1-2H3,(H,18,20). The van der Waals surface area contributed by atoms with Crippen LogP contribution in [0.3, 0.4) is 0 Å². The first kappa shape index (κ1) is 14.2. The van der Waals surface area contributed by atoms with Crippen LogP contribution in [0.5, 0.6) is 5.75 Å². The van der Waals surface area contributed by atoms with E-state index in [9.17, 15) is 4.79 Å². The molecule has 2 aliphatic rings. The van der Waals surface area contributed by atoms with Gasteiger partial charge in [0.15, 0.2) is 6.10 Å². The molecule has 0 aromatic heterocycles. The van der Waals surface area contributed by atoms with Crippen LogP contribution in [0.15, 0.2) is 18.2 Å². The van der Waals surface area contributed by atoms with Crippen LogP contribution in [0.4, 0.5) is 11.4 Å². The van der Waals surface area contributed by atoms with E-state index in [0.717, 1.165) is 23.7 Å². The van der Waals surface area contributed by atoms with Crippen molar-refractivity contribution in [3.8, 4) is 5.75 Å². The van der Waals surface area contributed by atoms with Gasteiger partial charge in [0, 0.05) is 18.3 Å². The number of carbonyl (C=O) groups is 1. The maximum atomic E-state index is 11.7. The largest absolute Gasteiger partial charge is 0.479 e. The SMILES string of the molecule is CC1Oc2ccc(NCC3CCCCN3C)cc2NC1=O. The lowest BCUT2D eigenvalue weighted by atomic mass is 10.0. The van der Waals surface area contributed by atoms with Crippen molar-refractivity contribution < 1.29 is 9.53 Å². The van der Waals surface area contributed by atoms with Crippen molar-refractivity contribution in [2.75, 3.05) is 30.8 Å². The van der Waals surface area contributed by atoms with Crippen molar-refractivity contribution in [3.63, 3.8) is 0 Å². The van der Waals surface area contributed by atoms with Crippen LogP contribution in [0.25, 0.3) is 0 Å². The van der Waals surface area contributed by atoms with E-state index < -0.39 is 6.10 Å². The first-order chi connectivity index (χ1) is 10.1. The first-order valence-corrected chi connectivity index (χ1v) is 7.69. The summed E-state index contributed by atoms with van der Waals surface area (Å²) in [6.07, 6.45) is 3.43. The summed E-state index contributed by atoms with van der Waals surface area (Å²) in [7, 11) is 2.19. The molecule has 114 valence electrons. The number of carbonyl (C=O) groups excluding carboxylic acids is 1. The number of nitrogens with one attached hydrogen (secondary N) is 2. The number of benzene rings is 1. The van der Waals surface area contributed by atoms with Crippen molar-refractivity contribution in [1.82, 2.24) is 4.90 Å². The number of amides is 1. The van der Waals surface area contributed by atoms with E-state index in [2.05, 4.69) is 22.6 Å². The molecular formula is C16H23N3O2. The van der Waals surface area contributed by atoms with Crippen LogP contribution in [0.2, 0.25) is 0 Å². The number of likely N-dealkylation sites (tertiary alicyclic amines) is 1. The second kappa shape index (κ2) is 5.93. The first-order valence-electron chi connectivity index (χ1n) is 7.69. The van der Waals surface area contributed by atoms with Gasteiger partial charge in [-0.1, -0.05) is 6.42 Å². The fraction of sp³-hybridized carbons (Fsp3) is 0.562. The number of fused-ring (bicyclic) bond motifs is 1. The molecule has 0 bridgehead atoms. The molecule has 1 amide bonds. The van der Waals surface area contributed by atoms with Crippen LogP contribution in [0.1, 0.15) is 26.2 Å². The molecule has 2 N–H and O–H groups in total. The molecule has 1 saturated heterocycles. The zero-order valence-electron chi connectivity index (χ0n) is 12.7. The molecule has 2 atom stereocenters. The van der Waals surface area contributed by atoms with Gasteiger partial charge in [0.1, 0.15) is 5.75 Å². The van der Waals surface area contributed by atoms with Crippen molar-refractivity contribution in [3.05, 3.63) is 18.2 Å². The Kier molecular flexibility index (Phi) is 4.01. The summed E-state index contributed by atoms with van der Waals surface area (Å²) in [5.41, 5.74) is 1.77. The van der Waals surface area contributed by atoms with Gasteiger partial charge in [-0.25, -0.2) is 0 Å². The molecule has 2 unspecified atom stereocenters. The minimum atomic E-state index is -0.424.